The highest BCUT2D eigenvalue weighted by Crippen LogP contribution is 2.31. The summed E-state index contributed by atoms with van der Waals surface area (Å²) in [7, 11) is 0. The third-order valence-electron chi connectivity index (χ3n) is 4.26. The number of aromatic amines is 1. The number of hydrogen-bond donors (Lipinski definition) is 3. The summed E-state index contributed by atoms with van der Waals surface area (Å²) in [4.78, 5) is 25.2. The lowest BCUT2D eigenvalue weighted by Crippen LogP contribution is -2.52. The van der Waals surface area contributed by atoms with Gasteiger partial charge in [0.2, 0.25) is 5.91 Å². The van der Waals surface area contributed by atoms with Gasteiger partial charge in [-0.2, -0.15) is 0 Å². The van der Waals surface area contributed by atoms with Gasteiger partial charge in [-0.15, -0.1) is 0 Å². The topological polar surface area (TPSA) is 108 Å². The fourth-order valence-corrected chi connectivity index (χ4v) is 2.86. The number of anilines is 1. The number of aromatic nitrogens is 3. The average Bonchev–Trinajstić information content (AvgIpc) is 2.91. The fourth-order valence-electron chi connectivity index (χ4n) is 2.86. The van der Waals surface area contributed by atoms with Gasteiger partial charge in [0.25, 0.3) is 0 Å². The molecule has 1 fully saturated rings. The first-order valence-corrected chi connectivity index (χ1v) is 7.13. The minimum atomic E-state index is -1.39. The van der Waals surface area contributed by atoms with E-state index < -0.39 is 11.5 Å². The van der Waals surface area contributed by atoms with E-state index in [1.54, 1.807) is 0 Å². The van der Waals surface area contributed by atoms with Gasteiger partial charge in [-0.25, -0.2) is 9.97 Å². The van der Waals surface area contributed by atoms with E-state index in [0.29, 0.717) is 25.9 Å². The zero-order valence-electron chi connectivity index (χ0n) is 12.0. The van der Waals surface area contributed by atoms with Crippen LogP contribution in [0.5, 0.6) is 0 Å². The van der Waals surface area contributed by atoms with E-state index in [4.69, 9.17) is 5.73 Å². The van der Waals surface area contributed by atoms with E-state index in [1.165, 1.54) is 6.33 Å². The van der Waals surface area contributed by atoms with Crippen LogP contribution in [-0.2, 0) is 11.2 Å². The number of carbonyl (C=O) groups is 1. The molecule has 0 atom stereocenters. The highest BCUT2D eigenvalue weighted by molar-refractivity contribution is 5.91. The van der Waals surface area contributed by atoms with Gasteiger partial charge in [-0.05, 0) is 12.0 Å². The maximum atomic E-state index is 11.3. The summed E-state index contributed by atoms with van der Waals surface area (Å²) in [6.07, 6.45) is 5.01. The van der Waals surface area contributed by atoms with E-state index in [0.717, 1.165) is 28.8 Å². The lowest BCUT2D eigenvalue weighted by molar-refractivity contribution is -0.138. The lowest BCUT2D eigenvalue weighted by atomic mass is 9.90. The van der Waals surface area contributed by atoms with Gasteiger partial charge in [-0.3, -0.25) is 4.79 Å². The molecule has 7 nitrogen and oxygen atoms in total. The van der Waals surface area contributed by atoms with Gasteiger partial charge in [0.15, 0.2) is 0 Å². The minimum absolute atomic E-state index is 0.319. The molecule has 0 aliphatic carbocycles. The number of aliphatic hydroxyl groups is 1. The Morgan fingerprint density at radius 3 is 2.81 bits per heavy atom. The monoisotopic (exact) mass is 289 g/mol. The van der Waals surface area contributed by atoms with Crippen molar-refractivity contribution in [2.45, 2.75) is 31.8 Å². The van der Waals surface area contributed by atoms with Gasteiger partial charge in [0.1, 0.15) is 23.4 Å². The molecule has 3 heterocycles. The van der Waals surface area contributed by atoms with Crippen LogP contribution in [0.4, 0.5) is 5.82 Å². The Labute approximate surface area is 122 Å². The van der Waals surface area contributed by atoms with Crippen molar-refractivity contribution in [2.75, 3.05) is 18.0 Å². The van der Waals surface area contributed by atoms with E-state index >= 15 is 0 Å². The lowest BCUT2D eigenvalue weighted by Gasteiger charge is -2.36. The predicted molar refractivity (Wildman–Crippen MR) is 78.9 cm³/mol. The summed E-state index contributed by atoms with van der Waals surface area (Å²) in [5.74, 6) is 0.204. The second-order valence-electron chi connectivity index (χ2n) is 5.47. The summed E-state index contributed by atoms with van der Waals surface area (Å²) in [6, 6.07) is 0. The van der Waals surface area contributed by atoms with Crippen LogP contribution in [0.15, 0.2) is 12.5 Å². The first-order chi connectivity index (χ1) is 10.0. The molecule has 1 aliphatic heterocycles. The molecule has 2 aromatic rings. The highest BCUT2D eigenvalue weighted by atomic mass is 16.3. The largest absolute Gasteiger partial charge is 0.380 e. The number of H-pyrrole nitrogens is 1. The zero-order valence-corrected chi connectivity index (χ0v) is 12.0. The normalized spacial score (nSPS) is 18.1. The molecule has 0 radical (unpaired) electrons. The van der Waals surface area contributed by atoms with Gasteiger partial charge in [0.05, 0.1) is 5.39 Å². The second-order valence-corrected chi connectivity index (χ2v) is 5.47. The van der Waals surface area contributed by atoms with Crippen LogP contribution in [0.1, 0.15) is 25.3 Å². The molecule has 0 spiro atoms. The number of amides is 1. The first-order valence-electron chi connectivity index (χ1n) is 7.13. The number of primary amides is 1. The van der Waals surface area contributed by atoms with Crippen LogP contribution in [0, 0.1) is 0 Å². The number of nitrogens with zero attached hydrogens (tertiary/aromatic N) is 3. The molecule has 0 bridgehead atoms. The third kappa shape index (κ3) is 2.23. The van der Waals surface area contributed by atoms with Crippen LogP contribution in [0.25, 0.3) is 11.0 Å². The number of hydrogen-bond acceptors (Lipinski definition) is 5. The van der Waals surface area contributed by atoms with E-state index in [1.807, 2.05) is 6.20 Å². The molecule has 21 heavy (non-hydrogen) atoms. The van der Waals surface area contributed by atoms with Crippen molar-refractivity contribution in [1.82, 2.24) is 15.0 Å². The minimum Gasteiger partial charge on any atom is -0.380 e. The molecule has 3 rings (SSSR count). The van der Waals surface area contributed by atoms with Gasteiger partial charge in [-0.1, -0.05) is 6.92 Å². The molecule has 0 aromatic carbocycles. The summed E-state index contributed by atoms with van der Waals surface area (Å²) < 4.78 is 0. The number of rotatable bonds is 3. The van der Waals surface area contributed by atoms with Gasteiger partial charge < -0.3 is 20.7 Å². The quantitative estimate of drug-likeness (QED) is 0.755. The molecular weight excluding hydrogens is 270 g/mol. The Morgan fingerprint density at radius 2 is 2.19 bits per heavy atom. The number of carbonyl (C=O) groups excluding carboxylic acids is 1. The average molecular weight is 289 g/mol. The first kappa shape index (κ1) is 13.8. The zero-order chi connectivity index (χ0) is 15.0. The molecule has 0 saturated carbocycles. The van der Waals surface area contributed by atoms with Crippen LogP contribution in [-0.4, -0.2) is 44.7 Å². The van der Waals surface area contributed by atoms with Crippen molar-refractivity contribution >= 4 is 22.8 Å². The Balaban J connectivity index is 1.92. The van der Waals surface area contributed by atoms with Crippen LogP contribution in [0.2, 0.25) is 0 Å². The molecular formula is C14H19N5O2. The van der Waals surface area contributed by atoms with E-state index in [2.05, 4.69) is 26.8 Å². The number of aryl methyl sites for hydroxylation is 1. The summed E-state index contributed by atoms with van der Waals surface area (Å²) in [5, 5.41) is 11.2. The van der Waals surface area contributed by atoms with Gasteiger partial charge >= 0.3 is 0 Å². The summed E-state index contributed by atoms with van der Waals surface area (Å²) >= 11 is 0. The van der Waals surface area contributed by atoms with Crippen LogP contribution in [0.3, 0.4) is 0 Å². The summed E-state index contributed by atoms with van der Waals surface area (Å²) in [5.41, 5.74) is 5.85. The SMILES string of the molecule is CCc1c[nH]c2ncnc(N3CCC(O)(C(N)=O)CC3)c12. The van der Waals surface area contributed by atoms with Crippen LogP contribution >= 0.6 is 0 Å². The highest BCUT2D eigenvalue weighted by Gasteiger charge is 2.38. The molecule has 1 saturated heterocycles. The van der Waals surface area contributed by atoms with E-state index in [-0.39, 0.29) is 0 Å². The summed E-state index contributed by atoms with van der Waals surface area (Å²) in [6.45, 7) is 3.17. The third-order valence-corrected chi connectivity index (χ3v) is 4.26. The molecule has 4 N–H and O–H groups in total. The number of nitrogens with two attached hydrogens (primary N) is 1. The smallest absolute Gasteiger partial charge is 0.249 e. The Morgan fingerprint density at radius 1 is 1.48 bits per heavy atom. The number of fused-ring (bicyclic) bond motifs is 1. The standard InChI is InChI=1S/C14H19N5O2/c1-2-9-7-16-11-10(9)12(18-8-17-11)19-5-3-14(21,4-6-19)13(15)20/h7-8,21H,2-6H2,1H3,(H2,15,20)(H,16,17,18). The number of nitrogens with one attached hydrogen (secondary N) is 1. The van der Waals surface area contributed by atoms with Crippen LogP contribution < -0.4 is 10.6 Å². The Kier molecular flexibility index (Phi) is 3.29. The maximum absolute atomic E-state index is 11.3. The fraction of sp³-hybridized carbons (Fsp3) is 0.500. The van der Waals surface area contributed by atoms with Crippen molar-refractivity contribution in [3.05, 3.63) is 18.1 Å². The molecule has 1 aliphatic rings. The van der Waals surface area contributed by atoms with Crippen molar-refractivity contribution in [3.63, 3.8) is 0 Å². The Bertz CT molecular complexity index is 673. The number of piperidine rings is 1. The van der Waals surface area contributed by atoms with Gasteiger partial charge in [0, 0.05) is 32.1 Å². The van der Waals surface area contributed by atoms with Crippen molar-refractivity contribution < 1.29 is 9.90 Å². The second kappa shape index (κ2) is 5.00. The van der Waals surface area contributed by atoms with Crippen molar-refractivity contribution in [3.8, 4) is 0 Å². The molecule has 1 amide bonds. The molecule has 112 valence electrons. The molecule has 7 heteroatoms. The molecule has 0 unspecified atom stereocenters. The van der Waals surface area contributed by atoms with E-state index in [9.17, 15) is 9.90 Å². The van der Waals surface area contributed by atoms with Crippen molar-refractivity contribution in [2.24, 2.45) is 5.73 Å². The van der Waals surface area contributed by atoms with Crippen molar-refractivity contribution in [1.29, 1.82) is 0 Å². The Hall–Kier alpha value is -2.15. The molecule has 2 aromatic heterocycles. The maximum Gasteiger partial charge on any atom is 0.249 e. The predicted octanol–water partition coefficient (Wildman–Crippen LogP) is 0.337.